The maximum atomic E-state index is 8.81. The van der Waals surface area contributed by atoms with Gasteiger partial charge in [-0.1, -0.05) is 0 Å². The van der Waals surface area contributed by atoms with Gasteiger partial charge in [0.2, 0.25) is 0 Å². The Bertz CT molecular complexity index is 129. The maximum Gasteiger partial charge on any atom is 0.394 e. The van der Waals surface area contributed by atoms with Gasteiger partial charge in [0.05, 0.1) is 0 Å². The number of aldehydes is 1. The van der Waals surface area contributed by atoms with E-state index in [2.05, 4.69) is 0 Å². The molecule has 0 saturated heterocycles. The number of hydrogen-bond acceptors (Lipinski definition) is 4. The van der Waals surface area contributed by atoms with Crippen molar-refractivity contribution in [3.63, 3.8) is 0 Å². The number of rotatable bonds is 0. The SMILES string of the molecule is CC=O.N.O=S(=O)(O)O. The van der Waals surface area contributed by atoms with Crippen LogP contribution >= 0.6 is 0 Å². The lowest BCUT2D eigenvalue weighted by Crippen LogP contribution is -1.89. The van der Waals surface area contributed by atoms with Crippen LogP contribution in [0.15, 0.2) is 0 Å². The molecule has 0 aromatic heterocycles. The van der Waals surface area contributed by atoms with Gasteiger partial charge in [-0.3, -0.25) is 9.11 Å². The lowest BCUT2D eigenvalue weighted by molar-refractivity contribution is -0.106. The summed E-state index contributed by atoms with van der Waals surface area (Å²) in [5, 5.41) is 0. The Morgan fingerprint density at radius 3 is 1.33 bits per heavy atom. The van der Waals surface area contributed by atoms with Crippen molar-refractivity contribution in [2.75, 3.05) is 0 Å². The second kappa shape index (κ2) is 7.50. The second-order valence-electron chi connectivity index (χ2n) is 0.684. The molecule has 6 nitrogen and oxygen atoms in total. The molecule has 0 fully saturated rings. The van der Waals surface area contributed by atoms with Gasteiger partial charge in [0.1, 0.15) is 6.29 Å². The molecule has 9 heavy (non-hydrogen) atoms. The van der Waals surface area contributed by atoms with Crippen LogP contribution in [0.25, 0.3) is 0 Å². The first-order chi connectivity index (χ1) is 3.41. The first-order valence-electron chi connectivity index (χ1n) is 1.51. The van der Waals surface area contributed by atoms with E-state index >= 15 is 0 Å². The molecule has 58 valence electrons. The van der Waals surface area contributed by atoms with Crippen LogP contribution < -0.4 is 6.15 Å². The Balaban J connectivity index is -0.0000000800. The topological polar surface area (TPSA) is 127 Å². The molecular formula is C2H9NO5S. The Kier molecular flexibility index (Phi) is 13.2. The van der Waals surface area contributed by atoms with Crippen LogP contribution in [-0.2, 0) is 15.2 Å². The standard InChI is InChI=1S/C2H4O.H3N.H2O4S/c1-2-3;;1-5(2,3)4/h2H,1H3;1H3;(H2,1,2,3,4). The number of carbonyl (C=O) groups is 1. The third-order valence-corrected chi connectivity index (χ3v) is 0. The van der Waals surface area contributed by atoms with Crippen molar-refractivity contribution in [2.45, 2.75) is 6.92 Å². The minimum Gasteiger partial charge on any atom is -0.344 e. The van der Waals surface area contributed by atoms with E-state index < -0.39 is 10.4 Å². The fraction of sp³-hybridized carbons (Fsp3) is 0.500. The second-order valence-corrected chi connectivity index (χ2v) is 1.58. The van der Waals surface area contributed by atoms with Gasteiger partial charge in [0.15, 0.2) is 0 Å². The molecule has 0 amide bonds. The van der Waals surface area contributed by atoms with E-state index in [9.17, 15) is 0 Å². The van der Waals surface area contributed by atoms with Gasteiger partial charge in [-0.2, -0.15) is 8.42 Å². The summed E-state index contributed by atoms with van der Waals surface area (Å²) in [4.78, 5) is 8.81. The van der Waals surface area contributed by atoms with Crippen molar-refractivity contribution >= 4 is 16.7 Å². The predicted molar refractivity (Wildman–Crippen MR) is 30.9 cm³/mol. The van der Waals surface area contributed by atoms with Crippen LogP contribution in [0.4, 0.5) is 0 Å². The molecule has 0 aliphatic heterocycles. The number of hydrogen-bond donors (Lipinski definition) is 3. The zero-order valence-corrected chi connectivity index (χ0v) is 5.63. The molecule has 0 aromatic rings. The minimum absolute atomic E-state index is 0. The molecule has 0 aliphatic rings. The molecule has 0 unspecified atom stereocenters. The van der Waals surface area contributed by atoms with Gasteiger partial charge >= 0.3 is 10.4 Å². The van der Waals surface area contributed by atoms with Crippen molar-refractivity contribution in [1.29, 1.82) is 0 Å². The average molecular weight is 159 g/mol. The van der Waals surface area contributed by atoms with E-state index in [1.807, 2.05) is 0 Å². The molecule has 0 heterocycles. The zero-order valence-electron chi connectivity index (χ0n) is 4.81. The maximum absolute atomic E-state index is 8.81. The summed E-state index contributed by atoms with van der Waals surface area (Å²) in [7, 11) is -4.67. The minimum atomic E-state index is -4.67. The van der Waals surface area contributed by atoms with Crippen molar-refractivity contribution in [3.8, 4) is 0 Å². The third kappa shape index (κ3) is 907. The highest BCUT2D eigenvalue weighted by molar-refractivity contribution is 7.79. The van der Waals surface area contributed by atoms with Crippen molar-refractivity contribution in [2.24, 2.45) is 0 Å². The summed E-state index contributed by atoms with van der Waals surface area (Å²) in [5.41, 5.74) is 0. The first kappa shape index (κ1) is 15.8. The highest BCUT2D eigenvalue weighted by Gasteiger charge is 1.84. The molecule has 0 rings (SSSR count). The van der Waals surface area contributed by atoms with Crippen LogP contribution in [0.3, 0.4) is 0 Å². The van der Waals surface area contributed by atoms with E-state index in [-0.39, 0.29) is 6.15 Å². The van der Waals surface area contributed by atoms with E-state index in [0.29, 0.717) is 0 Å². The Morgan fingerprint density at radius 2 is 1.33 bits per heavy atom. The molecule has 0 atom stereocenters. The van der Waals surface area contributed by atoms with E-state index in [4.69, 9.17) is 22.3 Å². The third-order valence-electron chi connectivity index (χ3n) is 0. The normalized spacial score (nSPS) is 7.89. The summed E-state index contributed by atoms with van der Waals surface area (Å²) in [6, 6.07) is 0. The molecule has 0 bridgehead atoms. The summed E-state index contributed by atoms with van der Waals surface area (Å²) in [6.45, 7) is 1.44. The van der Waals surface area contributed by atoms with Crippen molar-refractivity contribution in [3.05, 3.63) is 0 Å². The van der Waals surface area contributed by atoms with Gasteiger partial charge in [0, 0.05) is 0 Å². The van der Waals surface area contributed by atoms with Crippen LogP contribution in [-0.4, -0.2) is 23.8 Å². The Hall–Kier alpha value is -0.500. The largest absolute Gasteiger partial charge is 0.394 e. The Labute approximate surface area is 53.0 Å². The van der Waals surface area contributed by atoms with E-state index in [1.165, 1.54) is 6.92 Å². The molecule has 5 N–H and O–H groups in total. The molecular weight excluding hydrogens is 150 g/mol. The van der Waals surface area contributed by atoms with Gasteiger partial charge < -0.3 is 10.9 Å². The molecule has 0 saturated carbocycles. The fourth-order valence-electron chi connectivity index (χ4n) is 0. The number of carbonyl (C=O) groups excluding carboxylic acids is 1. The monoisotopic (exact) mass is 159 g/mol. The van der Waals surface area contributed by atoms with Crippen LogP contribution in [0.2, 0.25) is 0 Å². The summed E-state index contributed by atoms with van der Waals surface area (Å²) < 4.78 is 31.6. The zero-order chi connectivity index (χ0) is 7.21. The highest BCUT2D eigenvalue weighted by Crippen LogP contribution is 1.59. The molecule has 0 radical (unpaired) electrons. The van der Waals surface area contributed by atoms with Crippen molar-refractivity contribution in [1.82, 2.24) is 6.15 Å². The predicted octanol–water partition coefficient (Wildman–Crippen LogP) is -0.286. The lowest BCUT2D eigenvalue weighted by atomic mass is 11.0. The van der Waals surface area contributed by atoms with Crippen LogP contribution in [0, 0.1) is 0 Å². The first-order valence-corrected chi connectivity index (χ1v) is 2.91. The van der Waals surface area contributed by atoms with Crippen LogP contribution in [0.5, 0.6) is 0 Å². The van der Waals surface area contributed by atoms with Crippen molar-refractivity contribution < 1.29 is 22.3 Å². The summed E-state index contributed by atoms with van der Waals surface area (Å²) >= 11 is 0. The lowest BCUT2D eigenvalue weighted by Gasteiger charge is -1.68. The summed E-state index contributed by atoms with van der Waals surface area (Å²) in [5.74, 6) is 0. The molecule has 7 heteroatoms. The Morgan fingerprint density at radius 1 is 1.33 bits per heavy atom. The van der Waals surface area contributed by atoms with E-state index in [0.717, 1.165) is 6.29 Å². The highest BCUT2D eigenvalue weighted by atomic mass is 32.3. The van der Waals surface area contributed by atoms with Gasteiger partial charge in [-0.25, -0.2) is 0 Å². The smallest absolute Gasteiger partial charge is 0.344 e. The molecule has 0 aliphatic carbocycles. The van der Waals surface area contributed by atoms with E-state index in [1.54, 1.807) is 0 Å². The van der Waals surface area contributed by atoms with Gasteiger partial charge in [-0.05, 0) is 6.92 Å². The van der Waals surface area contributed by atoms with Crippen LogP contribution in [0.1, 0.15) is 6.92 Å². The molecule has 0 spiro atoms. The average Bonchev–Trinajstić information content (AvgIpc) is 1.27. The van der Waals surface area contributed by atoms with Gasteiger partial charge in [-0.15, -0.1) is 0 Å². The fourth-order valence-corrected chi connectivity index (χ4v) is 0. The molecule has 0 aromatic carbocycles. The van der Waals surface area contributed by atoms with Gasteiger partial charge in [0.25, 0.3) is 0 Å². The quantitative estimate of drug-likeness (QED) is 0.329. The summed E-state index contributed by atoms with van der Waals surface area (Å²) in [6.07, 6.45) is 0.750.